The third-order valence-corrected chi connectivity index (χ3v) is 3.59. The van der Waals surface area contributed by atoms with Gasteiger partial charge in [0.15, 0.2) is 6.29 Å². The molecule has 0 fully saturated rings. The molecule has 0 spiro atoms. The minimum Gasteiger partial charge on any atom is -0.384 e. The molecule has 0 saturated heterocycles. The van der Waals surface area contributed by atoms with Gasteiger partial charge in [0.1, 0.15) is 5.60 Å². The summed E-state index contributed by atoms with van der Waals surface area (Å²) in [4.78, 5) is 0. The van der Waals surface area contributed by atoms with Gasteiger partial charge in [-0.3, -0.25) is 4.68 Å². The smallest absolute Gasteiger partial charge is 0.185 e. The maximum Gasteiger partial charge on any atom is 0.185 e. The maximum absolute atomic E-state index is 10.5. The lowest BCUT2D eigenvalue weighted by Crippen LogP contribution is -2.44. The fraction of sp³-hybridized carbons (Fsp3) is 0.769. The van der Waals surface area contributed by atoms with Crippen LogP contribution in [0, 0.1) is 0 Å². The Morgan fingerprint density at radius 3 is 2.37 bits per heavy atom. The van der Waals surface area contributed by atoms with Crippen LogP contribution in [0.2, 0.25) is 5.02 Å². The van der Waals surface area contributed by atoms with Crippen molar-refractivity contribution in [2.75, 3.05) is 14.2 Å². The van der Waals surface area contributed by atoms with Crippen LogP contribution in [0.1, 0.15) is 32.2 Å². The first-order valence-corrected chi connectivity index (χ1v) is 6.81. The fourth-order valence-corrected chi connectivity index (χ4v) is 2.55. The van der Waals surface area contributed by atoms with Gasteiger partial charge in [-0.2, -0.15) is 5.10 Å². The topological polar surface area (TPSA) is 56.5 Å². The van der Waals surface area contributed by atoms with Crippen LogP contribution in [-0.4, -0.2) is 41.0 Å². The van der Waals surface area contributed by atoms with E-state index in [1.807, 2.05) is 18.5 Å². The quantitative estimate of drug-likeness (QED) is 0.781. The summed E-state index contributed by atoms with van der Waals surface area (Å²) in [6.45, 7) is 6.36. The van der Waals surface area contributed by atoms with Crippen LogP contribution in [0.25, 0.3) is 0 Å². The van der Waals surface area contributed by atoms with E-state index in [-0.39, 0.29) is 0 Å². The van der Waals surface area contributed by atoms with Gasteiger partial charge >= 0.3 is 0 Å². The number of hydrogen-bond acceptors (Lipinski definition) is 4. The van der Waals surface area contributed by atoms with Gasteiger partial charge in [-0.15, -0.1) is 0 Å². The van der Waals surface area contributed by atoms with Crippen LogP contribution >= 0.6 is 11.6 Å². The van der Waals surface area contributed by atoms with E-state index in [1.165, 1.54) is 14.2 Å². The number of ether oxygens (including phenoxy) is 2. The largest absolute Gasteiger partial charge is 0.384 e. The molecule has 1 heterocycles. The molecule has 0 amide bonds. The summed E-state index contributed by atoms with van der Waals surface area (Å²) in [6, 6.07) is 0. The molecule has 0 aliphatic carbocycles. The number of aliphatic hydroxyl groups is 1. The molecule has 1 rings (SSSR count). The second-order valence-electron chi connectivity index (χ2n) is 4.71. The SMILES string of the molecule is CCc1nn(CC)c(CC(C)(O)C(OC)OC)c1Cl. The van der Waals surface area contributed by atoms with Crippen molar-refractivity contribution in [1.82, 2.24) is 9.78 Å². The first-order chi connectivity index (χ1) is 8.91. The molecule has 1 N–H and O–H groups in total. The first kappa shape index (κ1) is 16.4. The van der Waals surface area contributed by atoms with Crippen molar-refractivity contribution in [3.63, 3.8) is 0 Å². The summed E-state index contributed by atoms with van der Waals surface area (Å²) in [6.07, 6.45) is 0.367. The molecule has 1 aromatic rings. The predicted octanol–water partition coefficient (Wildman–Crippen LogP) is 2.03. The molecule has 19 heavy (non-hydrogen) atoms. The van der Waals surface area contributed by atoms with Crippen molar-refractivity contribution in [3.8, 4) is 0 Å². The third-order valence-electron chi connectivity index (χ3n) is 3.16. The number of nitrogens with zero attached hydrogens (tertiary/aromatic N) is 2. The lowest BCUT2D eigenvalue weighted by atomic mass is 9.99. The van der Waals surface area contributed by atoms with E-state index in [1.54, 1.807) is 6.92 Å². The highest BCUT2D eigenvalue weighted by Crippen LogP contribution is 2.27. The standard InChI is InChI=1S/C13H23ClN2O3/c1-6-9-11(14)10(16(7-2)15-9)8-13(3,17)12(18-4)19-5/h12,17H,6-8H2,1-5H3. The highest BCUT2D eigenvalue weighted by molar-refractivity contribution is 6.31. The van der Waals surface area contributed by atoms with Crippen LogP contribution < -0.4 is 0 Å². The molecular weight excluding hydrogens is 268 g/mol. The van der Waals surface area contributed by atoms with Crippen molar-refractivity contribution in [2.24, 2.45) is 0 Å². The molecule has 0 radical (unpaired) electrons. The number of aromatic nitrogens is 2. The van der Waals surface area contributed by atoms with Gasteiger partial charge in [-0.25, -0.2) is 0 Å². The number of hydrogen-bond donors (Lipinski definition) is 1. The Kier molecular flexibility index (Phi) is 5.80. The van der Waals surface area contributed by atoms with Crippen molar-refractivity contribution in [3.05, 3.63) is 16.4 Å². The monoisotopic (exact) mass is 290 g/mol. The van der Waals surface area contributed by atoms with Crippen LogP contribution in [0.3, 0.4) is 0 Å². The van der Waals surface area contributed by atoms with Gasteiger partial charge in [-0.05, 0) is 20.3 Å². The van der Waals surface area contributed by atoms with E-state index in [9.17, 15) is 5.11 Å². The molecule has 1 atom stereocenters. The molecule has 0 aliphatic rings. The fourth-order valence-electron chi connectivity index (χ4n) is 2.21. The van der Waals surface area contributed by atoms with Crippen molar-refractivity contribution in [1.29, 1.82) is 0 Å². The van der Waals surface area contributed by atoms with Crippen LogP contribution in [-0.2, 0) is 28.9 Å². The summed E-state index contributed by atoms with van der Waals surface area (Å²) in [5, 5.41) is 15.6. The number of rotatable bonds is 7. The van der Waals surface area contributed by atoms with Gasteiger partial charge < -0.3 is 14.6 Å². The van der Waals surface area contributed by atoms with E-state index in [4.69, 9.17) is 21.1 Å². The minimum atomic E-state index is -1.18. The summed E-state index contributed by atoms with van der Waals surface area (Å²) < 4.78 is 12.1. The Bertz CT molecular complexity index is 414. The zero-order valence-corrected chi connectivity index (χ0v) is 13.0. The highest BCUT2D eigenvalue weighted by Gasteiger charge is 2.35. The molecule has 110 valence electrons. The molecule has 1 unspecified atom stereocenters. The lowest BCUT2D eigenvalue weighted by Gasteiger charge is -2.30. The molecule has 0 bridgehead atoms. The van der Waals surface area contributed by atoms with Crippen molar-refractivity contribution >= 4 is 11.6 Å². The molecule has 6 heteroatoms. The summed E-state index contributed by atoms with van der Waals surface area (Å²) in [5.41, 5.74) is 0.483. The normalized spacial score (nSPS) is 14.9. The number of halogens is 1. The second-order valence-corrected chi connectivity index (χ2v) is 5.09. The summed E-state index contributed by atoms with van der Waals surface area (Å²) in [5.74, 6) is 0. The van der Waals surface area contributed by atoms with E-state index >= 15 is 0 Å². The van der Waals surface area contributed by atoms with Gasteiger partial charge in [-0.1, -0.05) is 18.5 Å². The van der Waals surface area contributed by atoms with E-state index < -0.39 is 11.9 Å². The Morgan fingerprint density at radius 1 is 1.37 bits per heavy atom. The first-order valence-electron chi connectivity index (χ1n) is 6.43. The third kappa shape index (κ3) is 3.48. The van der Waals surface area contributed by atoms with Crippen LogP contribution in [0.15, 0.2) is 0 Å². The number of methoxy groups -OCH3 is 2. The average Bonchev–Trinajstić information content (AvgIpc) is 2.67. The van der Waals surface area contributed by atoms with Gasteiger partial charge in [0.05, 0.1) is 16.4 Å². The van der Waals surface area contributed by atoms with Crippen molar-refractivity contribution < 1.29 is 14.6 Å². The lowest BCUT2D eigenvalue weighted by molar-refractivity contribution is -0.207. The summed E-state index contributed by atoms with van der Waals surface area (Å²) in [7, 11) is 3.00. The second kappa shape index (κ2) is 6.70. The van der Waals surface area contributed by atoms with Crippen LogP contribution in [0.5, 0.6) is 0 Å². The molecule has 1 aromatic heterocycles. The zero-order valence-electron chi connectivity index (χ0n) is 12.2. The van der Waals surface area contributed by atoms with Crippen molar-refractivity contribution in [2.45, 2.75) is 52.0 Å². The average molecular weight is 291 g/mol. The van der Waals surface area contributed by atoms with Crippen LogP contribution in [0.4, 0.5) is 0 Å². The molecule has 0 saturated carbocycles. The Hall–Kier alpha value is -0.620. The maximum atomic E-state index is 10.5. The molecule has 0 aliphatic heterocycles. The zero-order chi connectivity index (χ0) is 14.6. The predicted molar refractivity (Wildman–Crippen MR) is 74.4 cm³/mol. The molecular formula is C13H23ClN2O3. The van der Waals surface area contributed by atoms with Gasteiger partial charge in [0.2, 0.25) is 0 Å². The Balaban J connectivity index is 3.07. The van der Waals surface area contributed by atoms with Gasteiger partial charge in [0.25, 0.3) is 0 Å². The minimum absolute atomic E-state index is 0.318. The molecule has 5 nitrogen and oxygen atoms in total. The Morgan fingerprint density at radius 2 is 1.95 bits per heavy atom. The Labute approximate surface area is 119 Å². The highest BCUT2D eigenvalue weighted by atomic mass is 35.5. The number of aryl methyl sites for hydroxylation is 2. The summed E-state index contributed by atoms with van der Waals surface area (Å²) >= 11 is 6.33. The van der Waals surface area contributed by atoms with E-state index in [0.717, 1.165) is 17.8 Å². The van der Waals surface area contributed by atoms with Gasteiger partial charge in [0, 0.05) is 27.2 Å². The van der Waals surface area contributed by atoms with E-state index in [0.29, 0.717) is 18.0 Å². The van der Waals surface area contributed by atoms with E-state index in [2.05, 4.69) is 5.10 Å². The molecule has 0 aromatic carbocycles.